The molecule has 1 aromatic carbocycles. The minimum atomic E-state index is -1.67. The fourth-order valence-electron chi connectivity index (χ4n) is 9.00. The molecule has 0 radical (unpaired) electrons. The van der Waals surface area contributed by atoms with E-state index >= 15 is 0 Å². The lowest BCUT2D eigenvalue weighted by atomic mass is 9.86. The van der Waals surface area contributed by atoms with Crippen molar-refractivity contribution >= 4 is 76.7 Å². The average Bonchev–Trinajstić information content (AvgIpc) is 4.01. The van der Waals surface area contributed by atoms with Crippen molar-refractivity contribution in [2.24, 2.45) is 29.0 Å². The standard InChI is InChI=1S/C48H76N12O10S/c1-5-26(2)39(58-42(64)34(54-38(62)21-29-13-7-6-8-14-29)22-30-24-52-32-16-10-9-15-31(30)32)46(68)57-36(25-71)44(66)59-40(28(4)61)47(69)56-35(23-50)43(65)53-27(3)48(70)60-20-12-18-37(60)45(67)55-33(41(51)63)17-11-19-49/h9-10,15-16,24,26-29,33-37,39-40,52,61,71H,5-8,11-14,17-23,25,49-50H2,1-4H3,(H2,51,63)(H,53,65)(H,54,62)(H,55,67)(H,56,69)(H,57,68)(H,58,64)(H,59,66)/t26-,27-,28?,33-,34+,35-,36-,37-,39-,40-/m0/s1. The highest BCUT2D eigenvalue weighted by molar-refractivity contribution is 7.80. The molecule has 1 aliphatic heterocycles. The van der Waals surface area contributed by atoms with Crippen molar-refractivity contribution in [1.29, 1.82) is 0 Å². The summed E-state index contributed by atoms with van der Waals surface area (Å²) in [7, 11) is 0. The van der Waals surface area contributed by atoms with Crippen LogP contribution in [0.5, 0.6) is 0 Å². The van der Waals surface area contributed by atoms with Gasteiger partial charge in [-0.1, -0.05) is 57.7 Å². The van der Waals surface area contributed by atoms with E-state index in [4.69, 9.17) is 17.2 Å². The van der Waals surface area contributed by atoms with E-state index < -0.39 is 114 Å². The molecule has 1 unspecified atom stereocenters. The molecule has 22 nitrogen and oxygen atoms in total. The molecule has 1 aromatic heterocycles. The second-order valence-corrected chi connectivity index (χ2v) is 19.2. The molecule has 71 heavy (non-hydrogen) atoms. The Kier molecular flexibility index (Phi) is 23.0. The number of hydrogen-bond acceptors (Lipinski definition) is 13. The Balaban J connectivity index is 1.40. The number of H-pyrrole nitrogens is 1. The second-order valence-electron chi connectivity index (χ2n) is 18.8. The van der Waals surface area contributed by atoms with Crippen LogP contribution < -0.4 is 54.4 Å². The van der Waals surface area contributed by atoms with E-state index in [1.165, 1.54) is 18.7 Å². The maximum Gasteiger partial charge on any atom is 0.245 e. The predicted octanol–water partition coefficient (Wildman–Crippen LogP) is -1.38. The van der Waals surface area contributed by atoms with E-state index in [-0.39, 0.29) is 49.9 Å². The van der Waals surface area contributed by atoms with Gasteiger partial charge in [0.15, 0.2) is 0 Å². The number of nitrogens with two attached hydrogens (primary N) is 3. The first-order chi connectivity index (χ1) is 33.8. The van der Waals surface area contributed by atoms with E-state index in [1.807, 2.05) is 31.2 Å². The summed E-state index contributed by atoms with van der Waals surface area (Å²) >= 11 is 4.28. The zero-order chi connectivity index (χ0) is 52.4. The van der Waals surface area contributed by atoms with Crippen molar-refractivity contribution in [3.05, 3.63) is 36.0 Å². The van der Waals surface area contributed by atoms with Crippen LogP contribution in [0.15, 0.2) is 30.5 Å². The van der Waals surface area contributed by atoms with Gasteiger partial charge in [0.05, 0.1) is 6.10 Å². The van der Waals surface area contributed by atoms with Crippen molar-refractivity contribution in [3.8, 4) is 0 Å². The first-order valence-electron chi connectivity index (χ1n) is 24.8. The van der Waals surface area contributed by atoms with E-state index in [0.717, 1.165) is 48.6 Å². The summed E-state index contributed by atoms with van der Waals surface area (Å²) in [6, 6.07) is -2.27. The van der Waals surface area contributed by atoms with Crippen LogP contribution in [0.4, 0.5) is 0 Å². The molecule has 2 fully saturated rings. The van der Waals surface area contributed by atoms with Crippen molar-refractivity contribution < 1.29 is 48.3 Å². The first-order valence-corrected chi connectivity index (χ1v) is 25.4. The van der Waals surface area contributed by atoms with Crippen LogP contribution >= 0.6 is 12.6 Å². The van der Waals surface area contributed by atoms with Crippen LogP contribution in [0.25, 0.3) is 10.9 Å². The molecule has 15 N–H and O–H groups in total. The number of primary amides is 1. The van der Waals surface area contributed by atoms with E-state index in [1.54, 1.807) is 13.1 Å². The molecule has 23 heteroatoms. The predicted molar refractivity (Wildman–Crippen MR) is 269 cm³/mol. The van der Waals surface area contributed by atoms with Crippen LogP contribution in [-0.2, 0) is 49.6 Å². The Labute approximate surface area is 420 Å². The van der Waals surface area contributed by atoms with Gasteiger partial charge in [-0.05, 0) is 82.4 Å². The molecular weight excluding hydrogens is 937 g/mol. The molecule has 9 amide bonds. The normalized spacial score (nSPS) is 18.8. The minimum absolute atomic E-state index is 0.131. The summed E-state index contributed by atoms with van der Waals surface area (Å²) in [6.07, 6.45) is 7.63. The summed E-state index contributed by atoms with van der Waals surface area (Å²) in [5.41, 5.74) is 18.5. The highest BCUT2D eigenvalue weighted by Gasteiger charge is 2.39. The fraction of sp³-hybridized carbons (Fsp3) is 0.646. The molecule has 10 atom stereocenters. The number of likely N-dealkylation sites (tertiary alicyclic amines) is 1. The quantitative estimate of drug-likeness (QED) is 0.0461. The average molecular weight is 1010 g/mol. The lowest BCUT2D eigenvalue weighted by Crippen LogP contribution is -2.63. The molecule has 2 aliphatic rings. The van der Waals surface area contributed by atoms with Crippen LogP contribution in [-0.4, -0.2) is 148 Å². The Hall–Kier alpha value is -5.78. The number of thiol groups is 1. The molecule has 2 heterocycles. The van der Waals surface area contributed by atoms with Gasteiger partial charge in [0.25, 0.3) is 0 Å². The van der Waals surface area contributed by atoms with E-state index in [2.05, 4.69) is 54.8 Å². The summed E-state index contributed by atoms with van der Waals surface area (Å²) < 4.78 is 0. The van der Waals surface area contributed by atoms with E-state index in [9.17, 15) is 48.3 Å². The number of aromatic amines is 1. The SMILES string of the molecule is CC[C@H](C)[C@H](NC(=O)[C@@H](Cc1c[nH]c2ccccc12)NC(=O)CC1CCCCC1)C(=O)N[C@@H](CS)C(=O)N[C@H](C(=O)N[C@@H](CN)C(=O)N[C@@H](C)C(=O)N1CCC[C@H]1C(=O)N[C@@H](CCCN)C(N)=O)C(C)O. The van der Waals surface area contributed by atoms with Gasteiger partial charge in [-0.25, -0.2) is 0 Å². The molecule has 2 aromatic rings. The number of carbonyl (C=O) groups excluding carboxylic acids is 9. The van der Waals surface area contributed by atoms with Gasteiger partial charge in [-0.15, -0.1) is 0 Å². The Morgan fingerprint density at radius 3 is 2.03 bits per heavy atom. The number of hydrogen-bond donors (Lipinski definition) is 13. The summed E-state index contributed by atoms with van der Waals surface area (Å²) in [6.45, 7) is 6.20. The van der Waals surface area contributed by atoms with Crippen molar-refractivity contribution in [2.75, 3.05) is 25.4 Å². The molecule has 0 spiro atoms. The number of rotatable bonds is 27. The smallest absolute Gasteiger partial charge is 0.245 e. The van der Waals surface area contributed by atoms with Crippen LogP contribution in [0.2, 0.25) is 0 Å². The molecule has 1 saturated heterocycles. The van der Waals surface area contributed by atoms with Gasteiger partial charge in [-0.3, -0.25) is 43.2 Å². The van der Waals surface area contributed by atoms with E-state index in [0.29, 0.717) is 25.7 Å². The lowest BCUT2D eigenvalue weighted by Gasteiger charge is -2.30. The third-order valence-corrected chi connectivity index (χ3v) is 13.8. The molecular formula is C48H76N12O10S. The van der Waals surface area contributed by atoms with Gasteiger partial charge in [0.1, 0.15) is 48.3 Å². The second kappa shape index (κ2) is 28.3. The lowest BCUT2D eigenvalue weighted by molar-refractivity contribution is -0.142. The molecule has 4 rings (SSSR count). The van der Waals surface area contributed by atoms with Crippen LogP contribution in [0.1, 0.15) is 104 Å². The Morgan fingerprint density at radius 2 is 1.39 bits per heavy atom. The number of nitrogens with zero attached hydrogens (tertiary/aromatic N) is 1. The van der Waals surface area contributed by atoms with Gasteiger partial charge < -0.3 is 69.4 Å². The largest absolute Gasteiger partial charge is 0.391 e. The molecule has 1 saturated carbocycles. The maximum atomic E-state index is 14.2. The number of amides is 9. The summed E-state index contributed by atoms with van der Waals surface area (Å²) in [5.74, 6) is -6.86. The number of fused-ring (bicyclic) bond motifs is 1. The van der Waals surface area contributed by atoms with Crippen molar-refractivity contribution in [3.63, 3.8) is 0 Å². The number of aromatic nitrogens is 1. The number of aliphatic hydroxyl groups excluding tert-OH is 1. The number of aliphatic hydroxyl groups is 1. The first kappa shape index (κ1) is 57.8. The number of para-hydroxylation sites is 1. The maximum absolute atomic E-state index is 14.2. The number of carbonyl (C=O) groups is 9. The zero-order valence-corrected chi connectivity index (χ0v) is 42.2. The van der Waals surface area contributed by atoms with Crippen molar-refractivity contribution in [1.82, 2.24) is 47.1 Å². The molecule has 1 aliphatic carbocycles. The van der Waals surface area contributed by atoms with Crippen LogP contribution in [0, 0.1) is 11.8 Å². The Morgan fingerprint density at radius 1 is 0.761 bits per heavy atom. The van der Waals surface area contributed by atoms with Crippen molar-refractivity contribution in [2.45, 2.75) is 159 Å². The van der Waals surface area contributed by atoms with Gasteiger partial charge in [0, 0.05) is 48.8 Å². The summed E-state index contributed by atoms with van der Waals surface area (Å²) in [5, 5.41) is 29.8. The zero-order valence-electron chi connectivity index (χ0n) is 41.3. The third kappa shape index (κ3) is 16.6. The van der Waals surface area contributed by atoms with Gasteiger partial charge in [0.2, 0.25) is 53.2 Å². The third-order valence-electron chi connectivity index (χ3n) is 13.4. The van der Waals surface area contributed by atoms with Gasteiger partial charge in [-0.2, -0.15) is 12.6 Å². The monoisotopic (exact) mass is 1010 g/mol. The number of benzene rings is 1. The highest BCUT2D eigenvalue weighted by Crippen LogP contribution is 2.27. The van der Waals surface area contributed by atoms with Crippen LogP contribution in [0.3, 0.4) is 0 Å². The fourth-order valence-corrected chi connectivity index (χ4v) is 9.26. The topological polar surface area (TPSA) is 355 Å². The Bertz CT molecular complexity index is 2170. The highest BCUT2D eigenvalue weighted by atomic mass is 32.1. The summed E-state index contributed by atoms with van der Waals surface area (Å²) in [4.78, 5) is 126. The minimum Gasteiger partial charge on any atom is -0.391 e. The van der Waals surface area contributed by atoms with Gasteiger partial charge >= 0.3 is 0 Å². The molecule has 394 valence electrons. The number of nitrogens with one attached hydrogen (secondary N) is 8. The molecule has 0 bridgehead atoms.